The molecule has 4 rings (SSSR count). The number of nitrogens with zero attached hydrogens (tertiary/aromatic N) is 4. The third-order valence-corrected chi connectivity index (χ3v) is 5.18. The van der Waals surface area contributed by atoms with Gasteiger partial charge in [0.25, 0.3) is 11.8 Å². The molecule has 3 aromatic rings. The van der Waals surface area contributed by atoms with E-state index in [1.165, 1.54) is 7.11 Å². The van der Waals surface area contributed by atoms with Crippen molar-refractivity contribution in [2.24, 2.45) is 7.05 Å². The molecular weight excluding hydrogens is 370 g/mol. The number of pyridine rings is 1. The fraction of sp³-hybridized carbons (Fsp3) is 0.333. The number of carbonyl (C=O) groups is 2. The van der Waals surface area contributed by atoms with E-state index in [0.29, 0.717) is 22.7 Å². The van der Waals surface area contributed by atoms with Gasteiger partial charge in [0.1, 0.15) is 0 Å². The minimum absolute atomic E-state index is 0.219. The molecule has 0 bridgehead atoms. The summed E-state index contributed by atoms with van der Waals surface area (Å²) < 4.78 is 1.72. The van der Waals surface area contributed by atoms with Crippen LogP contribution in [0.2, 0.25) is 0 Å². The molecule has 1 N–H and O–H groups in total. The Morgan fingerprint density at radius 3 is 2.55 bits per heavy atom. The van der Waals surface area contributed by atoms with Gasteiger partial charge in [-0.25, -0.2) is 10.0 Å². The van der Waals surface area contributed by atoms with Crippen LogP contribution in [0.4, 0.5) is 5.69 Å². The number of aromatic nitrogens is 3. The molecule has 29 heavy (non-hydrogen) atoms. The molecule has 0 saturated heterocycles. The van der Waals surface area contributed by atoms with Gasteiger partial charge in [0, 0.05) is 37.0 Å². The third-order valence-electron chi connectivity index (χ3n) is 5.18. The Balaban J connectivity index is 1.63. The van der Waals surface area contributed by atoms with Gasteiger partial charge in [0.2, 0.25) is 0 Å². The zero-order valence-electron chi connectivity index (χ0n) is 16.9. The lowest BCUT2D eigenvalue weighted by Crippen LogP contribution is -2.25. The molecule has 8 heteroatoms. The first kappa shape index (κ1) is 19.1. The van der Waals surface area contributed by atoms with Gasteiger partial charge in [0.15, 0.2) is 5.65 Å². The molecule has 2 heterocycles. The van der Waals surface area contributed by atoms with Gasteiger partial charge in [-0.3, -0.25) is 19.1 Å². The highest BCUT2D eigenvalue weighted by Crippen LogP contribution is 2.40. The first-order valence-corrected chi connectivity index (χ1v) is 9.47. The van der Waals surface area contributed by atoms with Crippen LogP contribution in [0.1, 0.15) is 50.9 Å². The van der Waals surface area contributed by atoms with E-state index in [1.54, 1.807) is 36.0 Å². The Kier molecular flexibility index (Phi) is 4.79. The van der Waals surface area contributed by atoms with E-state index >= 15 is 0 Å². The maximum atomic E-state index is 13.1. The molecule has 2 amide bonds. The lowest BCUT2D eigenvalue weighted by atomic mass is 10.1. The predicted octanol–water partition coefficient (Wildman–Crippen LogP) is 3.04. The van der Waals surface area contributed by atoms with Gasteiger partial charge in [0.05, 0.1) is 23.8 Å². The van der Waals surface area contributed by atoms with E-state index in [2.05, 4.69) is 10.4 Å². The molecule has 1 saturated carbocycles. The number of hydroxylamine groups is 2. The minimum Gasteiger partial charge on any atom is -0.322 e. The summed E-state index contributed by atoms with van der Waals surface area (Å²) in [6.07, 6.45) is 2.20. The average molecular weight is 393 g/mol. The van der Waals surface area contributed by atoms with Crippen LogP contribution in [0, 0.1) is 6.92 Å². The second kappa shape index (κ2) is 7.29. The molecule has 150 valence electrons. The van der Waals surface area contributed by atoms with E-state index in [9.17, 15) is 9.59 Å². The average Bonchev–Trinajstić information content (AvgIpc) is 3.53. The fourth-order valence-corrected chi connectivity index (χ4v) is 3.39. The van der Waals surface area contributed by atoms with Crippen LogP contribution in [0.25, 0.3) is 11.0 Å². The van der Waals surface area contributed by atoms with Crippen molar-refractivity contribution in [2.45, 2.75) is 25.7 Å². The maximum absolute atomic E-state index is 13.1. The van der Waals surface area contributed by atoms with E-state index in [4.69, 9.17) is 9.82 Å². The lowest BCUT2D eigenvalue weighted by Gasteiger charge is -2.14. The van der Waals surface area contributed by atoms with Gasteiger partial charge >= 0.3 is 0 Å². The molecule has 0 aliphatic heterocycles. The molecule has 2 aromatic heterocycles. The Labute approximate surface area is 168 Å². The molecule has 1 aliphatic rings. The van der Waals surface area contributed by atoms with Crippen LogP contribution in [-0.2, 0) is 11.9 Å². The fourth-order valence-electron chi connectivity index (χ4n) is 3.39. The number of hydrogen-bond acceptors (Lipinski definition) is 5. The zero-order valence-corrected chi connectivity index (χ0v) is 16.9. The molecule has 0 atom stereocenters. The molecule has 0 unspecified atom stereocenters. The highest BCUT2D eigenvalue weighted by Gasteiger charge is 2.28. The monoisotopic (exact) mass is 393 g/mol. The largest absolute Gasteiger partial charge is 0.322 e. The third kappa shape index (κ3) is 3.58. The Bertz CT molecular complexity index is 1100. The van der Waals surface area contributed by atoms with Crippen molar-refractivity contribution in [1.29, 1.82) is 0 Å². The summed E-state index contributed by atoms with van der Waals surface area (Å²) in [4.78, 5) is 34.8. The maximum Gasteiger partial charge on any atom is 0.277 e. The summed E-state index contributed by atoms with van der Waals surface area (Å²) >= 11 is 0. The van der Waals surface area contributed by atoms with Gasteiger partial charge in [-0.05, 0) is 50.1 Å². The van der Waals surface area contributed by atoms with Crippen LogP contribution in [-0.4, -0.2) is 45.8 Å². The highest BCUT2D eigenvalue weighted by atomic mass is 16.7. The first-order valence-electron chi connectivity index (χ1n) is 9.47. The predicted molar refractivity (Wildman–Crippen MR) is 109 cm³/mol. The van der Waals surface area contributed by atoms with Gasteiger partial charge in [-0.2, -0.15) is 5.10 Å². The van der Waals surface area contributed by atoms with Crippen molar-refractivity contribution in [3.05, 3.63) is 52.8 Å². The topological polar surface area (TPSA) is 89.3 Å². The number of rotatable bonds is 5. The van der Waals surface area contributed by atoms with E-state index in [-0.39, 0.29) is 11.8 Å². The van der Waals surface area contributed by atoms with Crippen molar-refractivity contribution in [3.8, 4) is 0 Å². The van der Waals surface area contributed by atoms with Crippen LogP contribution < -0.4 is 5.32 Å². The van der Waals surface area contributed by atoms with Gasteiger partial charge in [-0.15, -0.1) is 0 Å². The van der Waals surface area contributed by atoms with Crippen LogP contribution >= 0.6 is 0 Å². The van der Waals surface area contributed by atoms with Crippen molar-refractivity contribution in [3.63, 3.8) is 0 Å². The van der Waals surface area contributed by atoms with Gasteiger partial charge in [-0.1, -0.05) is 0 Å². The molecule has 1 fully saturated rings. The number of anilines is 1. The molecule has 0 radical (unpaired) electrons. The van der Waals surface area contributed by atoms with Crippen molar-refractivity contribution >= 4 is 28.5 Å². The molecule has 0 spiro atoms. The smallest absolute Gasteiger partial charge is 0.277 e. The van der Waals surface area contributed by atoms with E-state index < -0.39 is 0 Å². The Morgan fingerprint density at radius 1 is 1.24 bits per heavy atom. The minimum atomic E-state index is -0.263. The summed E-state index contributed by atoms with van der Waals surface area (Å²) in [7, 11) is 4.81. The van der Waals surface area contributed by atoms with Crippen LogP contribution in [0.3, 0.4) is 0 Å². The molecule has 1 aromatic carbocycles. The first-order chi connectivity index (χ1) is 13.9. The van der Waals surface area contributed by atoms with Gasteiger partial charge < -0.3 is 5.32 Å². The Morgan fingerprint density at radius 2 is 1.93 bits per heavy atom. The quantitative estimate of drug-likeness (QED) is 0.673. The number of nitrogens with one attached hydrogen (secondary N) is 1. The van der Waals surface area contributed by atoms with Crippen LogP contribution in [0.5, 0.6) is 0 Å². The van der Waals surface area contributed by atoms with E-state index in [0.717, 1.165) is 40.3 Å². The Hall–Kier alpha value is -3.26. The molecule has 1 aliphatic carbocycles. The zero-order chi connectivity index (χ0) is 20.7. The highest BCUT2D eigenvalue weighted by molar-refractivity contribution is 6.12. The number of carbonyl (C=O) groups excluding carboxylic acids is 2. The molecular formula is C21H23N5O3. The van der Waals surface area contributed by atoms with Crippen molar-refractivity contribution < 1.29 is 14.4 Å². The summed E-state index contributed by atoms with van der Waals surface area (Å²) in [5.74, 6) is -0.0611. The number of benzene rings is 1. The second-order valence-electron chi connectivity index (χ2n) is 7.29. The second-order valence-corrected chi connectivity index (χ2v) is 7.29. The summed E-state index contributed by atoms with van der Waals surface area (Å²) in [5, 5.41) is 9.27. The summed E-state index contributed by atoms with van der Waals surface area (Å²) in [6.45, 7) is 1.88. The summed E-state index contributed by atoms with van der Waals surface area (Å²) in [6, 6.07) is 8.59. The van der Waals surface area contributed by atoms with Crippen molar-refractivity contribution in [1.82, 2.24) is 19.8 Å². The standard InChI is InChI=1S/C21H23N5O3/c1-12-18-16(11-17(13-5-6-13)23-19(18)25(2)24-12)20(27)22-15-9-7-14(8-10-15)21(28)26(3)29-4/h7-11,13H,5-6H2,1-4H3,(H,22,27). The van der Waals surface area contributed by atoms with E-state index in [1.807, 2.05) is 20.0 Å². The lowest BCUT2D eigenvalue weighted by molar-refractivity contribution is -0.0756. The molecule has 8 nitrogen and oxygen atoms in total. The summed E-state index contributed by atoms with van der Waals surface area (Å²) in [5.41, 5.74) is 4.08. The number of hydrogen-bond donors (Lipinski definition) is 1. The number of fused-ring (bicyclic) bond motifs is 1. The number of amides is 2. The van der Waals surface area contributed by atoms with Crippen molar-refractivity contribution in [2.75, 3.05) is 19.5 Å². The van der Waals surface area contributed by atoms with Crippen LogP contribution in [0.15, 0.2) is 30.3 Å². The number of aryl methyl sites for hydroxylation is 2. The SMILES string of the molecule is CON(C)C(=O)c1ccc(NC(=O)c2cc(C3CC3)nc3c2c(C)nn3C)cc1. The normalized spacial score (nSPS) is 13.5.